The molecule has 96 valence electrons. The monoisotopic (exact) mass is 285 g/mol. The molecule has 0 amide bonds. The van der Waals surface area contributed by atoms with E-state index < -0.39 is 6.10 Å². The molecule has 0 aliphatic rings. The minimum absolute atomic E-state index is 0.0615. The molecule has 0 saturated heterocycles. The van der Waals surface area contributed by atoms with Crippen molar-refractivity contribution in [2.45, 2.75) is 16.8 Å². The summed E-state index contributed by atoms with van der Waals surface area (Å²) in [5, 5.41) is 13.9. The van der Waals surface area contributed by atoms with Crippen molar-refractivity contribution < 1.29 is 9.63 Å². The summed E-state index contributed by atoms with van der Waals surface area (Å²) in [6.45, 7) is 0.0615. The smallest absolute Gasteiger partial charge is 0.256 e. The second-order valence-electron chi connectivity index (χ2n) is 3.54. The minimum Gasteiger partial charge on any atom is -0.382 e. The molecule has 0 aliphatic heterocycles. The highest BCUT2D eigenvalue weighted by atomic mass is 35.5. The molecule has 2 rings (SSSR count). The van der Waals surface area contributed by atoms with Gasteiger partial charge in [0.1, 0.15) is 6.10 Å². The molecular weight excluding hydrogens is 274 g/mol. The number of hydrogen-bond donors (Lipinski definition) is 2. The zero-order valence-corrected chi connectivity index (χ0v) is 11.0. The average Bonchev–Trinajstić information content (AvgIpc) is 2.86. The topological polar surface area (TPSA) is 85.2 Å². The molecule has 0 aliphatic carbocycles. The molecule has 0 spiro atoms. The number of nitrogens with zero attached hydrogens (tertiary/aromatic N) is 2. The van der Waals surface area contributed by atoms with Gasteiger partial charge in [0.2, 0.25) is 0 Å². The molecule has 7 heteroatoms. The molecule has 1 aromatic heterocycles. The fraction of sp³-hybridized carbons (Fsp3) is 0.273. The Morgan fingerprint density at radius 3 is 2.78 bits per heavy atom. The summed E-state index contributed by atoms with van der Waals surface area (Å²) in [7, 11) is 0. The van der Waals surface area contributed by atoms with Gasteiger partial charge in [-0.1, -0.05) is 16.8 Å². The fourth-order valence-electron chi connectivity index (χ4n) is 1.24. The maximum atomic E-state index is 9.42. The number of benzene rings is 1. The summed E-state index contributed by atoms with van der Waals surface area (Å²) in [5.41, 5.74) is 5.30. The van der Waals surface area contributed by atoms with Crippen LogP contribution in [0.5, 0.6) is 0 Å². The molecule has 0 radical (unpaired) electrons. The fourth-order valence-corrected chi connectivity index (χ4v) is 2.11. The zero-order chi connectivity index (χ0) is 13.0. The Balaban J connectivity index is 1.94. The van der Waals surface area contributed by atoms with Gasteiger partial charge in [0.15, 0.2) is 5.82 Å². The van der Waals surface area contributed by atoms with Crippen LogP contribution in [-0.4, -0.2) is 21.8 Å². The van der Waals surface area contributed by atoms with E-state index in [0.717, 1.165) is 4.90 Å². The number of rotatable bonds is 5. The van der Waals surface area contributed by atoms with Gasteiger partial charge in [-0.05, 0) is 24.3 Å². The lowest BCUT2D eigenvalue weighted by atomic mass is 10.4. The number of halogens is 1. The number of aliphatic hydroxyl groups excluding tert-OH is 1. The average molecular weight is 286 g/mol. The van der Waals surface area contributed by atoms with Crippen molar-refractivity contribution in [3.63, 3.8) is 0 Å². The van der Waals surface area contributed by atoms with E-state index in [9.17, 15) is 5.11 Å². The number of aliphatic hydroxyl groups is 1. The van der Waals surface area contributed by atoms with Crippen LogP contribution >= 0.6 is 23.4 Å². The third kappa shape index (κ3) is 3.46. The van der Waals surface area contributed by atoms with Crippen molar-refractivity contribution in [3.8, 4) is 0 Å². The van der Waals surface area contributed by atoms with Crippen LogP contribution in [0.4, 0.5) is 0 Å². The van der Waals surface area contributed by atoms with Crippen LogP contribution in [0.2, 0.25) is 5.02 Å². The first-order valence-electron chi connectivity index (χ1n) is 5.28. The lowest BCUT2D eigenvalue weighted by molar-refractivity contribution is 0.141. The van der Waals surface area contributed by atoms with Gasteiger partial charge in [-0.25, -0.2) is 0 Å². The van der Waals surface area contributed by atoms with Crippen LogP contribution in [-0.2, 0) is 5.75 Å². The van der Waals surface area contributed by atoms with E-state index in [0.29, 0.717) is 16.6 Å². The van der Waals surface area contributed by atoms with Crippen molar-refractivity contribution >= 4 is 23.4 Å². The van der Waals surface area contributed by atoms with Crippen molar-refractivity contribution in [1.29, 1.82) is 0 Å². The summed E-state index contributed by atoms with van der Waals surface area (Å²) in [6, 6.07) is 7.49. The van der Waals surface area contributed by atoms with Gasteiger partial charge < -0.3 is 15.4 Å². The Labute approximate surface area is 113 Å². The van der Waals surface area contributed by atoms with E-state index >= 15 is 0 Å². The van der Waals surface area contributed by atoms with Gasteiger partial charge in [0.05, 0.1) is 5.75 Å². The standard InChI is InChI=1S/C11H12ClN3O2S/c12-7-1-3-8(4-2-7)18-6-10-14-11(17-15-10)9(16)5-13/h1-4,9,16H,5-6,13H2/t9-/m0/s1. The summed E-state index contributed by atoms with van der Waals surface area (Å²) < 4.78 is 4.90. The molecule has 18 heavy (non-hydrogen) atoms. The van der Waals surface area contributed by atoms with E-state index in [4.69, 9.17) is 21.9 Å². The zero-order valence-electron chi connectivity index (χ0n) is 9.41. The highest BCUT2D eigenvalue weighted by molar-refractivity contribution is 7.98. The normalized spacial score (nSPS) is 12.6. The predicted molar refractivity (Wildman–Crippen MR) is 69.3 cm³/mol. The third-order valence-corrected chi connectivity index (χ3v) is 3.43. The van der Waals surface area contributed by atoms with Gasteiger partial charge in [0, 0.05) is 16.5 Å². The molecule has 0 bridgehead atoms. The molecule has 1 atom stereocenters. The molecule has 5 nitrogen and oxygen atoms in total. The SMILES string of the molecule is NC[C@H](O)c1nc(CSc2ccc(Cl)cc2)no1. The third-order valence-electron chi connectivity index (χ3n) is 2.17. The lowest BCUT2D eigenvalue weighted by Crippen LogP contribution is -2.11. The summed E-state index contributed by atoms with van der Waals surface area (Å²) >= 11 is 7.35. The van der Waals surface area contributed by atoms with Crippen molar-refractivity contribution in [3.05, 3.63) is 41.0 Å². The van der Waals surface area contributed by atoms with Gasteiger partial charge in [-0.3, -0.25) is 0 Å². The first-order chi connectivity index (χ1) is 8.69. The van der Waals surface area contributed by atoms with Gasteiger partial charge in [0.25, 0.3) is 5.89 Å². The van der Waals surface area contributed by atoms with E-state index in [1.165, 1.54) is 0 Å². The van der Waals surface area contributed by atoms with Gasteiger partial charge in [-0.2, -0.15) is 4.98 Å². The van der Waals surface area contributed by atoms with Crippen LogP contribution < -0.4 is 5.73 Å². The summed E-state index contributed by atoms with van der Waals surface area (Å²) in [5.74, 6) is 1.24. The molecule has 1 aromatic carbocycles. The summed E-state index contributed by atoms with van der Waals surface area (Å²) in [4.78, 5) is 5.12. The second kappa shape index (κ2) is 6.19. The van der Waals surface area contributed by atoms with Crippen molar-refractivity contribution in [2.75, 3.05) is 6.54 Å². The first kappa shape index (κ1) is 13.4. The van der Waals surface area contributed by atoms with Crippen molar-refractivity contribution in [1.82, 2.24) is 10.1 Å². The molecule has 0 fully saturated rings. The maximum Gasteiger partial charge on any atom is 0.256 e. The molecule has 1 heterocycles. The van der Waals surface area contributed by atoms with Crippen LogP contribution in [0.1, 0.15) is 17.8 Å². The molecule has 2 aromatic rings. The number of hydrogen-bond acceptors (Lipinski definition) is 6. The predicted octanol–water partition coefficient (Wildman–Crippen LogP) is 2.01. The van der Waals surface area contributed by atoms with E-state index in [1.54, 1.807) is 11.8 Å². The first-order valence-corrected chi connectivity index (χ1v) is 6.64. The highest BCUT2D eigenvalue weighted by Gasteiger charge is 2.14. The van der Waals surface area contributed by atoms with Crippen LogP contribution in [0.3, 0.4) is 0 Å². The van der Waals surface area contributed by atoms with Gasteiger partial charge in [-0.15, -0.1) is 11.8 Å². The van der Waals surface area contributed by atoms with E-state index in [-0.39, 0.29) is 12.4 Å². The maximum absolute atomic E-state index is 9.42. The Hall–Kier alpha value is -1.08. The van der Waals surface area contributed by atoms with Gasteiger partial charge >= 0.3 is 0 Å². The number of nitrogens with two attached hydrogens (primary N) is 1. The number of aromatic nitrogens is 2. The largest absolute Gasteiger partial charge is 0.382 e. The molecule has 0 unspecified atom stereocenters. The lowest BCUT2D eigenvalue weighted by Gasteiger charge is -1.99. The molecular formula is C11H12ClN3O2S. The molecule has 0 saturated carbocycles. The number of thioether (sulfide) groups is 1. The van der Waals surface area contributed by atoms with Crippen LogP contribution in [0, 0.1) is 0 Å². The van der Waals surface area contributed by atoms with Crippen LogP contribution in [0.15, 0.2) is 33.7 Å². The Morgan fingerprint density at radius 1 is 1.39 bits per heavy atom. The quantitative estimate of drug-likeness (QED) is 0.818. The second-order valence-corrected chi connectivity index (χ2v) is 5.03. The Kier molecular flexibility index (Phi) is 4.60. The minimum atomic E-state index is -0.896. The molecule has 3 N–H and O–H groups in total. The Morgan fingerprint density at radius 2 is 2.11 bits per heavy atom. The Bertz CT molecular complexity index is 503. The van der Waals surface area contributed by atoms with E-state index in [1.807, 2.05) is 24.3 Å². The summed E-state index contributed by atoms with van der Waals surface area (Å²) in [6.07, 6.45) is -0.896. The van der Waals surface area contributed by atoms with E-state index in [2.05, 4.69) is 10.1 Å². The van der Waals surface area contributed by atoms with Crippen molar-refractivity contribution in [2.24, 2.45) is 5.73 Å². The van der Waals surface area contributed by atoms with Crippen LogP contribution in [0.25, 0.3) is 0 Å². The highest BCUT2D eigenvalue weighted by Crippen LogP contribution is 2.23.